The van der Waals surface area contributed by atoms with Gasteiger partial charge in [-0.2, -0.15) is 0 Å². The van der Waals surface area contributed by atoms with Crippen LogP contribution in [0.2, 0.25) is 0 Å². The van der Waals surface area contributed by atoms with Crippen LogP contribution in [0.3, 0.4) is 0 Å². The van der Waals surface area contributed by atoms with Gasteiger partial charge in [0.1, 0.15) is 0 Å². The number of allylic oxidation sites excluding steroid dienone is 3. The van der Waals surface area contributed by atoms with Gasteiger partial charge in [-0.1, -0.05) is 44.1 Å². The van der Waals surface area contributed by atoms with Crippen LogP contribution in [0.15, 0.2) is 35.5 Å². The molecule has 3 fully saturated rings. The van der Waals surface area contributed by atoms with Crippen molar-refractivity contribution in [2.24, 2.45) is 23.2 Å². The Kier molecular flexibility index (Phi) is 9.94. The molecule has 5 nitrogen and oxygen atoms in total. The van der Waals surface area contributed by atoms with Gasteiger partial charge in [-0.15, -0.1) is 0 Å². The highest BCUT2D eigenvalue weighted by atomic mass is 16.3. The van der Waals surface area contributed by atoms with Crippen LogP contribution < -0.4 is 0 Å². The predicted octanol–water partition coefficient (Wildman–Crippen LogP) is 5.60. The highest BCUT2D eigenvalue weighted by molar-refractivity contribution is 5.38. The van der Waals surface area contributed by atoms with E-state index in [2.05, 4.69) is 25.7 Å². The normalized spacial score (nSPS) is 35.1. The average Bonchev–Trinajstić information content (AvgIpc) is 3.13. The van der Waals surface area contributed by atoms with Crippen LogP contribution in [0.4, 0.5) is 0 Å². The Balaban J connectivity index is 1.79. The molecule has 0 bridgehead atoms. The van der Waals surface area contributed by atoms with Gasteiger partial charge >= 0.3 is 0 Å². The topological polar surface area (TPSA) is 101 Å². The van der Waals surface area contributed by atoms with Crippen molar-refractivity contribution in [3.05, 3.63) is 35.5 Å². The summed E-state index contributed by atoms with van der Waals surface area (Å²) in [6.07, 6.45) is 13.4. The second kappa shape index (κ2) is 12.0. The van der Waals surface area contributed by atoms with E-state index in [1.54, 1.807) is 13.8 Å². The average molecular weight is 519 g/mol. The molecule has 3 rings (SSSR count). The molecule has 0 saturated heterocycles. The summed E-state index contributed by atoms with van der Waals surface area (Å²) in [5.74, 6) is 1.53. The fourth-order valence-corrected chi connectivity index (χ4v) is 7.59. The third-order valence-electron chi connectivity index (χ3n) is 9.86. The molecule has 0 aromatic heterocycles. The quantitative estimate of drug-likeness (QED) is 0.259. The molecule has 0 radical (unpaired) electrons. The summed E-state index contributed by atoms with van der Waals surface area (Å²) in [6.45, 7) is 13.7. The van der Waals surface area contributed by atoms with Gasteiger partial charge in [0.2, 0.25) is 0 Å². The Hall–Kier alpha value is -0.980. The fourth-order valence-electron chi connectivity index (χ4n) is 7.59. The van der Waals surface area contributed by atoms with E-state index in [4.69, 9.17) is 0 Å². The summed E-state index contributed by atoms with van der Waals surface area (Å²) < 4.78 is 0. The summed E-state index contributed by atoms with van der Waals surface area (Å²) in [6, 6.07) is 0. The van der Waals surface area contributed by atoms with Crippen LogP contribution >= 0.6 is 0 Å². The molecule has 0 spiro atoms. The van der Waals surface area contributed by atoms with Crippen molar-refractivity contribution in [1.82, 2.24) is 0 Å². The van der Waals surface area contributed by atoms with E-state index in [9.17, 15) is 25.5 Å². The number of fused-ring (bicyclic) bond motifs is 1. The first-order valence-electron chi connectivity index (χ1n) is 14.7. The van der Waals surface area contributed by atoms with Crippen LogP contribution in [0.25, 0.3) is 0 Å². The molecular weight excluding hydrogens is 464 g/mol. The first-order chi connectivity index (χ1) is 17.1. The number of hydrogen-bond acceptors (Lipinski definition) is 5. The van der Waals surface area contributed by atoms with Crippen LogP contribution in [0.1, 0.15) is 112 Å². The van der Waals surface area contributed by atoms with Crippen molar-refractivity contribution in [2.75, 3.05) is 0 Å². The molecule has 212 valence electrons. The molecule has 7 atom stereocenters. The second-order valence-corrected chi connectivity index (χ2v) is 13.9. The maximum Gasteiger partial charge on any atom is 0.0849 e. The van der Waals surface area contributed by atoms with E-state index >= 15 is 0 Å². The van der Waals surface area contributed by atoms with E-state index in [1.807, 2.05) is 13.8 Å². The molecule has 5 heteroatoms. The molecule has 0 aromatic carbocycles. The summed E-state index contributed by atoms with van der Waals surface area (Å²) in [5, 5.41) is 51.5. The highest BCUT2D eigenvalue weighted by Crippen LogP contribution is 2.60. The summed E-state index contributed by atoms with van der Waals surface area (Å²) >= 11 is 0. The van der Waals surface area contributed by atoms with Gasteiger partial charge < -0.3 is 25.5 Å². The van der Waals surface area contributed by atoms with Crippen molar-refractivity contribution in [3.8, 4) is 0 Å². The lowest BCUT2D eigenvalue weighted by atomic mass is 9.60. The van der Waals surface area contributed by atoms with Gasteiger partial charge in [0.15, 0.2) is 0 Å². The van der Waals surface area contributed by atoms with Crippen LogP contribution in [-0.4, -0.2) is 55.0 Å². The molecule has 3 aliphatic carbocycles. The standard InChI is InChI=1S/C32H54O5/c1-21-24(19-25(33)20-28(21)34)12-11-22-10-8-18-32(6)26(22)14-15-27(32)23(9-7-17-30(2,3)36)13-16-29(35)31(4,5)37/h11-12,23,25-29,33-37H,1,7-10,13-20H2,2-6H3/b22-11+,24-12-/t23?,25?,26?,27-,28+,29?,32+/m1/s1. The third kappa shape index (κ3) is 7.79. The lowest BCUT2D eigenvalue weighted by Crippen LogP contribution is -2.39. The summed E-state index contributed by atoms with van der Waals surface area (Å²) in [7, 11) is 0. The van der Waals surface area contributed by atoms with Crippen molar-refractivity contribution in [2.45, 2.75) is 141 Å². The van der Waals surface area contributed by atoms with Crippen LogP contribution in [0, 0.1) is 23.2 Å². The maximum atomic E-state index is 10.6. The molecule has 37 heavy (non-hydrogen) atoms. The minimum Gasteiger partial charge on any atom is -0.393 e. The predicted molar refractivity (Wildman–Crippen MR) is 150 cm³/mol. The maximum absolute atomic E-state index is 10.6. The van der Waals surface area contributed by atoms with Crippen LogP contribution in [0.5, 0.6) is 0 Å². The zero-order valence-corrected chi connectivity index (χ0v) is 24.0. The van der Waals surface area contributed by atoms with Crippen molar-refractivity contribution in [1.29, 1.82) is 0 Å². The minimum absolute atomic E-state index is 0.199. The molecule has 4 unspecified atom stereocenters. The van der Waals surface area contributed by atoms with Gasteiger partial charge in [0, 0.05) is 6.42 Å². The van der Waals surface area contributed by atoms with Crippen molar-refractivity contribution in [3.63, 3.8) is 0 Å². The highest BCUT2D eigenvalue weighted by Gasteiger charge is 2.51. The van der Waals surface area contributed by atoms with Gasteiger partial charge in [0.05, 0.1) is 29.5 Å². The second-order valence-electron chi connectivity index (χ2n) is 13.9. The van der Waals surface area contributed by atoms with E-state index in [0.717, 1.165) is 49.7 Å². The molecule has 5 N–H and O–H groups in total. The van der Waals surface area contributed by atoms with Crippen molar-refractivity contribution < 1.29 is 25.5 Å². The minimum atomic E-state index is -1.10. The lowest BCUT2D eigenvalue weighted by Gasteiger charge is -2.45. The number of aliphatic hydroxyl groups excluding tert-OH is 3. The van der Waals surface area contributed by atoms with E-state index in [1.165, 1.54) is 24.8 Å². The first kappa shape index (κ1) is 30.6. The zero-order chi connectivity index (χ0) is 27.6. The summed E-state index contributed by atoms with van der Waals surface area (Å²) in [5.41, 5.74) is 1.62. The van der Waals surface area contributed by atoms with E-state index in [-0.39, 0.29) is 5.41 Å². The monoisotopic (exact) mass is 518 g/mol. The zero-order valence-electron chi connectivity index (χ0n) is 24.0. The molecule has 0 aliphatic heterocycles. The van der Waals surface area contributed by atoms with Gasteiger partial charge in [-0.25, -0.2) is 0 Å². The Labute approximate surface area is 225 Å². The Morgan fingerprint density at radius 2 is 1.76 bits per heavy atom. The number of rotatable bonds is 10. The molecule has 0 heterocycles. The molecule has 0 aromatic rings. The molecule has 3 saturated carbocycles. The van der Waals surface area contributed by atoms with Crippen LogP contribution in [-0.2, 0) is 0 Å². The van der Waals surface area contributed by atoms with E-state index in [0.29, 0.717) is 37.0 Å². The third-order valence-corrected chi connectivity index (χ3v) is 9.86. The van der Waals surface area contributed by atoms with Gasteiger partial charge in [-0.3, -0.25) is 0 Å². The fraction of sp³-hybridized carbons (Fsp3) is 0.812. The molecule has 0 amide bonds. The smallest absolute Gasteiger partial charge is 0.0849 e. The first-order valence-corrected chi connectivity index (χ1v) is 14.7. The van der Waals surface area contributed by atoms with Gasteiger partial charge in [0.25, 0.3) is 0 Å². The largest absolute Gasteiger partial charge is 0.393 e. The Bertz CT molecular complexity index is 844. The SMILES string of the molecule is C=C1/C(=C\C=C2/CCC[C@@]3(C)C2CC[C@@H]3C(CCCC(C)(C)O)CCC(O)C(C)(C)O)CC(O)C[C@@H]1O. The number of aliphatic hydroxyl groups is 5. The summed E-state index contributed by atoms with van der Waals surface area (Å²) in [4.78, 5) is 0. The Morgan fingerprint density at radius 1 is 1.05 bits per heavy atom. The number of hydrogen-bond donors (Lipinski definition) is 5. The molecular formula is C32H54O5. The Morgan fingerprint density at radius 3 is 2.41 bits per heavy atom. The lowest BCUT2D eigenvalue weighted by molar-refractivity contribution is -0.0563. The molecule has 3 aliphatic rings. The van der Waals surface area contributed by atoms with Gasteiger partial charge in [-0.05, 0) is 120 Å². The van der Waals surface area contributed by atoms with Crippen molar-refractivity contribution >= 4 is 0 Å². The van der Waals surface area contributed by atoms with E-state index < -0.39 is 29.5 Å².